The summed E-state index contributed by atoms with van der Waals surface area (Å²) in [5.74, 6) is 2.03. The van der Waals surface area contributed by atoms with Crippen LogP contribution >= 0.6 is 0 Å². The lowest BCUT2D eigenvalue weighted by atomic mass is 10.1. The van der Waals surface area contributed by atoms with E-state index in [9.17, 15) is 0 Å². The van der Waals surface area contributed by atoms with Crippen LogP contribution in [0.25, 0.3) is 0 Å². The van der Waals surface area contributed by atoms with E-state index >= 15 is 0 Å². The maximum atomic E-state index is 4.55. The number of aromatic nitrogens is 1. The Balaban J connectivity index is 2.13. The molecule has 1 unspecified atom stereocenters. The van der Waals surface area contributed by atoms with E-state index in [0.717, 1.165) is 24.8 Å². The molecule has 2 rings (SSSR count). The first kappa shape index (κ1) is 12.4. The SMILES string of the molecule is CCNC(C)c1cccnc1N(C)CC1CC1. The number of hydrogen-bond acceptors (Lipinski definition) is 3. The Morgan fingerprint density at radius 2 is 2.29 bits per heavy atom. The Bertz CT molecular complexity index is 360. The fourth-order valence-electron chi connectivity index (χ4n) is 2.26. The molecule has 3 heteroatoms. The summed E-state index contributed by atoms with van der Waals surface area (Å²) in [6, 6.07) is 4.57. The number of anilines is 1. The number of rotatable bonds is 6. The van der Waals surface area contributed by atoms with Gasteiger partial charge in [-0.25, -0.2) is 4.98 Å². The van der Waals surface area contributed by atoms with Gasteiger partial charge in [-0.1, -0.05) is 13.0 Å². The van der Waals surface area contributed by atoms with Crippen molar-refractivity contribution < 1.29 is 0 Å². The van der Waals surface area contributed by atoms with Crippen LogP contribution in [-0.2, 0) is 0 Å². The first-order chi connectivity index (χ1) is 8.22. The molecule has 1 aromatic heterocycles. The Morgan fingerprint density at radius 1 is 1.53 bits per heavy atom. The smallest absolute Gasteiger partial charge is 0.133 e. The van der Waals surface area contributed by atoms with Gasteiger partial charge in [0.2, 0.25) is 0 Å². The van der Waals surface area contributed by atoms with E-state index in [1.54, 1.807) is 0 Å². The molecule has 1 N–H and O–H groups in total. The molecule has 0 aliphatic heterocycles. The summed E-state index contributed by atoms with van der Waals surface area (Å²) in [6.45, 7) is 6.47. The van der Waals surface area contributed by atoms with Crippen LogP contribution in [0, 0.1) is 5.92 Å². The maximum Gasteiger partial charge on any atom is 0.133 e. The highest BCUT2D eigenvalue weighted by atomic mass is 15.2. The number of hydrogen-bond donors (Lipinski definition) is 1. The molecule has 94 valence electrons. The molecular formula is C14H23N3. The molecule has 1 saturated carbocycles. The zero-order valence-corrected chi connectivity index (χ0v) is 11.1. The van der Waals surface area contributed by atoms with Gasteiger partial charge in [0, 0.05) is 31.4 Å². The standard InChI is InChI=1S/C14H23N3/c1-4-15-11(2)13-6-5-9-16-14(13)17(3)10-12-7-8-12/h5-6,9,11-12,15H,4,7-8,10H2,1-3H3. The minimum absolute atomic E-state index is 0.366. The third-order valence-electron chi connectivity index (χ3n) is 3.38. The van der Waals surface area contributed by atoms with Gasteiger partial charge in [0.1, 0.15) is 5.82 Å². The van der Waals surface area contributed by atoms with E-state index in [4.69, 9.17) is 0 Å². The van der Waals surface area contributed by atoms with Gasteiger partial charge in [-0.2, -0.15) is 0 Å². The predicted molar refractivity (Wildman–Crippen MR) is 72.3 cm³/mol. The van der Waals surface area contributed by atoms with Crippen LogP contribution in [0.1, 0.15) is 38.3 Å². The summed E-state index contributed by atoms with van der Waals surface area (Å²) in [5, 5.41) is 3.46. The van der Waals surface area contributed by atoms with Gasteiger partial charge in [0.05, 0.1) is 0 Å². The molecule has 1 aliphatic carbocycles. The molecule has 0 aromatic carbocycles. The van der Waals surface area contributed by atoms with Gasteiger partial charge in [-0.3, -0.25) is 0 Å². The van der Waals surface area contributed by atoms with Crippen molar-refractivity contribution in [2.75, 3.05) is 25.0 Å². The molecule has 1 aromatic rings. The summed E-state index contributed by atoms with van der Waals surface area (Å²) in [6.07, 6.45) is 4.66. The summed E-state index contributed by atoms with van der Waals surface area (Å²) < 4.78 is 0. The van der Waals surface area contributed by atoms with Crippen molar-refractivity contribution in [1.29, 1.82) is 0 Å². The zero-order chi connectivity index (χ0) is 12.3. The van der Waals surface area contributed by atoms with Crippen molar-refractivity contribution in [3.63, 3.8) is 0 Å². The third-order valence-corrected chi connectivity index (χ3v) is 3.38. The van der Waals surface area contributed by atoms with Gasteiger partial charge >= 0.3 is 0 Å². The van der Waals surface area contributed by atoms with Crippen LogP contribution in [-0.4, -0.2) is 25.1 Å². The van der Waals surface area contributed by atoms with E-state index in [1.807, 2.05) is 12.3 Å². The minimum atomic E-state index is 0.366. The van der Waals surface area contributed by atoms with Crippen LogP contribution in [0.2, 0.25) is 0 Å². The van der Waals surface area contributed by atoms with Crippen LogP contribution in [0.15, 0.2) is 18.3 Å². The van der Waals surface area contributed by atoms with Gasteiger partial charge in [-0.15, -0.1) is 0 Å². The van der Waals surface area contributed by atoms with Crippen molar-refractivity contribution in [1.82, 2.24) is 10.3 Å². The molecule has 1 heterocycles. The molecule has 17 heavy (non-hydrogen) atoms. The zero-order valence-electron chi connectivity index (χ0n) is 11.1. The lowest BCUT2D eigenvalue weighted by molar-refractivity contribution is 0.593. The largest absolute Gasteiger partial charge is 0.359 e. The Morgan fingerprint density at radius 3 is 2.94 bits per heavy atom. The van der Waals surface area contributed by atoms with E-state index in [1.165, 1.54) is 18.4 Å². The first-order valence-electron chi connectivity index (χ1n) is 6.61. The Kier molecular flexibility index (Phi) is 4.00. The summed E-state index contributed by atoms with van der Waals surface area (Å²) in [5.41, 5.74) is 1.30. The van der Waals surface area contributed by atoms with Crippen molar-refractivity contribution >= 4 is 5.82 Å². The van der Waals surface area contributed by atoms with Crippen LogP contribution in [0.3, 0.4) is 0 Å². The van der Waals surface area contributed by atoms with Gasteiger partial charge in [0.15, 0.2) is 0 Å². The monoisotopic (exact) mass is 233 g/mol. The second-order valence-electron chi connectivity index (χ2n) is 5.02. The molecule has 0 spiro atoms. The lowest BCUT2D eigenvalue weighted by Crippen LogP contribution is -2.26. The average Bonchev–Trinajstić information content (AvgIpc) is 3.13. The number of pyridine rings is 1. The normalized spacial score (nSPS) is 16.9. The molecule has 1 atom stereocenters. The predicted octanol–water partition coefficient (Wildman–Crippen LogP) is 2.60. The topological polar surface area (TPSA) is 28.2 Å². The fraction of sp³-hybridized carbons (Fsp3) is 0.643. The molecule has 0 bridgehead atoms. The summed E-state index contributed by atoms with van der Waals surface area (Å²) in [7, 11) is 2.16. The van der Waals surface area contributed by atoms with Crippen molar-refractivity contribution in [3.05, 3.63) is 23.9 Å². The van der Waals surface area contributed by atoms with Crippen molar-refractivity contribution in [3.8, 4) is 0 Å². The number of nitrogens with zero attached hydrogens (tertiary/aromatic N) is 2. The average molecular weight is 233 g/mol. The Hall–Kier alpha value is -1.09. The molecule has 0 radical (unpaired) electrons. The summed E-state index contributed by atoms with van der Waals surface area (Å²) in [4.78, 5) is 6.86. The molecule has 1 fully saturated rings. The van der Waals surface area contributed by atoms with Gasteiger partial charge in [-0.05, 0) is 38.3 Å². The van der Waals surface area contributed by atoms with Crippen LogP contribution < -0.4 is 10.2 Å². The quantitative estimate of drug-likeness (QED) is 0.818. The van der Waals surface area contributed by atoms with E-state index < -0.39 is 0 Å². The van der Waals surface area contributed by atoms with Gasteiger partial charge < -0.3 is 10.2 Å². The first-order valence-corrected chi connectivity index (χ1v) is 6.61. The minimum Gasteiger partial charge on any atom is -0.359 e. The third kappa shape index (κ3) is 3.19. The highest BCUT2D eigenvalue weighted by Crippen LogP contribution is 2.32. The van der Waals surface area contributed by atoms with Crippen molar-refractivity contribution in [2.24, 2.45) is 5.92 Å². The van der Waals surface area contributed by atoms with Crippen molar-refractivity contribution in [2.45, 2.75) is 32.7 Å². The van der Waals surface area contributed by atoms with E-state index in [-0.39, 0.29) is 0 Å². The number of nitrogens with one attached hydrogen (secondary N) is 1. The second kappa shape index (κ2) is 5.50. The molecule has 3 nitrogen and oxygen atoms in total. The molecule has 0 amide bonds. The highest BCUT2D eigenvalue weighted by molar-refractivity contribution is 5.47. The maximum absolute atomic E-state index is 4.55. The molecule has 1 aliphatic rings. The second-order valence-corrected chi connectivity index (χ2v) is 5.02. The Labute approximate surface area is 104 Å². The molecular weight excluding hydrogens is 210 g/mol. The van der Waals surface area contributed by atoms with E-state index in [0.29, 0.717) is 6.04 Å². The highest BCUT2D eigenvalue weighted by Gasteiger charge is 2.24. The van der Waals surface area contributed by atoms with Crippen LogP contribution in [0.5, 0.6) is 0 Å². The van der Waals surface area contributed by atoms with E-state index in [2.05, 4.69) is 42.2 Å². The van der Waals surface area contributed by atoms with Gasteiger partial charge in [0.25, 0.3) is 0 Å². The molecule has 0 saturated heterocycles. The van der Waals surface area contributed by atoms with Crippen LogP contribution in [0.4, 0.5) is 5.82 Å². The summed E-state index contributed by atoms with van der Waals surface area (Å²) >= 11 is 0. The lowest BCUT2D eigenvalue weighted by Gasteiger charge is -2.24. The fourth-order valence-corrected chi connectivity index (χ4v) is 2.26.